The Morgan fingerprint density at radius 2 is 2.19 bits per heavy atom. The number of carbonyl (C=O) groups is 1. The highest BCUT2D eigenvalue weighted by atomic mass is 19.1. The molecular weight excluding hydrogens is 275 g/mol. The number of aromatic nitrogens is 4. The van der Waals surface area contributed by atoms with Gasteiger partial charge in [0.1, 0.15) is 5.82 Å². The first kappa shape index (κ1) is 13.7. The molecule has 0 amide bonds. The van der Waals surface area contributed by atoms with E-state index in [1.807, 2.05) is 0 Å². The Bertz CT molecular complexity index is 654. The molecule has 1 aromatic heterocycles. The zero-order valence-electron chi connectivity index (χ0n) is 11.3. The predicted octanol–water partition coefficient (Wildman–Crippen LogP) is 1.83. The molecule has 110 valence electrons. The monoisotopic (exact) mass is 290 g/mol. The van der Waals surface area contributed by atoms with Gasteiger partial charge in [-0.2, -0.15) is 0 Å². The van der Waals surface area contributed by atoms with Crippen molar-refractivity contribution in [1.82, 2.24) is 20.2 Å². The molecule has 0 radical (unpaired) electrons. The fourth-order valence-corrected chi connectivity index (χ4v) is 2.51. The molecular formula is C14H15FN4O2. The van der Waals surface area contributed by atoms with Crippen molar-refractivity contribution < 1.29 is 14.3 Å². The van der Waals surface area contributed by atoms with Crippen LogP contribution < -0.4 is 0 Å². The number of aliphatic carboxylic acids is 1. The summed E-state index contributed by atoms with van der Waals surface area (Å²) in [4.78, 5) is 11.0. The highest BCUT2D eigenvalue weighted by Gasteiger charge is 2.36. The third kappa shape index (κ3) is 3.07. The summed E-state index contributed by atoms with van der Waals surface area (Å²) in [6, 6.07) is 6.19. The van der Waals surface area contributed by atoms with E-state index in [0.29, 0.717) is 17.3 Å². The van der Waals surface area contributed by atoms with Gasteiger partial charge in [0.2, 0.25) is 0 Å². The largest absolute Gasteiger partial charge is 0.481 e. The second-order valence-corrected chi connectivity index (χ2v) is 5.31. The van der Waals surface area contributed by atoms with Crippen LogP contribution in [0.15, 0.2) is 24.3 Å². The van der Waals surface area contributed by atoms with Crippen molar-refractivity contribution in [3.05, 3.63) is 41.5 Å². The maximum absolute atomic E-state index is 13.7. The van der Waals surface area contributed by atoms with Gasteiger partial charge in [-0.05, 0) is 40.8 Å². The van der Waals surface area contributed by atoms with Gasteiger partial charge >= 0.3 is 5.97 Å². The molecule has 1 N–H and O–H groups in total. The molecule has 1 saturated carbocycles. The van der Waals surface area contributed by atoms with Crippen LogP contribution in [0.5, 0.6) is 0 Å². The minimum absolute atomic E-state index is 0.0139. The van der Waals surface area contributed by atoms with Crippen molar-refractivity contribution in [1.29, 1.82) is 0 Å². The predicted molar refractivity (Wildman–Crippen MR) is 71.0 cm³/mol. The van der Waals surface area contributed by atoms with Gasteiger partial charge in [0.25, 0.3) is 0 Å². The Morgan fingerprint density at radius 3 is 2.86 bits per heavy atom. The maximum Gasteiger partial charge on any atom is 0.305 e. The van der Waals surface area contributed by atoms with Crippen molar-refractivity contribution in [2.45, 2.75) is 31.7 Å². The van der Waals surface area contributed by atoms with Gasteiger partial charge in [-0.25, -0.2) is 9.07 Å². The molecule has 3 rings (SSSR count). The van der Waals surface area contributed by atoms with Crippen LogP contribution in [0.3, 0.4) is 0 Å². The van der Waals surface area contributed by atoms with Gasteiger partial charge < -0.3 is 5.11 Å². The van der Waals surface area contributed by atoms with Crippen molar-refractivity contribution in [3.63, 3.8) is 0 Å². The van der Waals surface area contributed by atoms with Gasteiger partial charge in [0.15, 0.2) is 5.82 Å². The quantitative estimate of drug-likeness (QED) is 0.877. The van der Waals surface area contributed by atoms with Crippen LogP contribution in [0.4, 0.5) is 4.39 Å². The lowest BCUT2D eigenvalue weighted by Gasteiger charge is -2.15. The first-order chi connectivity index (χ1) is 10.1. The van der Waals surface area contributed by atoms with Crippen molar-refractivity contribution in [3.8, 4) is 0 Å². The molecule has 1 atom stereocenters. The van der Waals surface area contributed by atoms with E-state index < -0.39 is 5.97 Å². The molecule has 1 aliphatic carbocycles. The topological polar surface area (TPSA) is 80.9 Å². The number of hydrogen-bond acceptors (Lipinski definition) is 4. The molecule has 0 saturated heterocycles. The maximum atomic E-state index is 13.7. The summed E-state index contributed by atoms with van der Waals surface area (Å²) >= 11 is 0. The lowest BCUT2D eigenvalue weighted by molar-refractivity contribution is -0.138. The fraction of sp³-hybridized carbons (Fsp3) is 0.429. The summed E-state index contributed by atoms with van der Waals surface area (Å²) in [6.07, 6.45) is 2.20. The van der Waals surface area contributed by atoms with Crippen LogP contribution >= 0.6 is 0 Å². The van der Waals surface area contributed by atoms with Crippen LogP contribution in [0.1, 0.15) is 36.7 Å². The number of carboxylic acids is 1. The lowest BCUT2D eigenvalue weighted by Crippen LogP contribution is -2.20. The first-order valence-electron chi connectivity index (χ1n) is 6.87. The molecule has 2 aromatic rings. The van der Waals surface area contributed by atoms with Gasteiger partial charge in [0.05, 0.1) is 12.5 Å². The molecule has 0 aliphatic heterocycles. The molecule has 0 bridgehead atoms. The number of nitrogens with zero attached hydrogens (tertiary/aromatic N) is 4. The van der Waals surface area contributed by atoms with E-state index in [1.165, 1.54) is 6.07 Å². The first-order valence-corrected chi connectivity index (χ1v) is 6.87. The molecule has 21 heavy (non-hydrogen) atoms. The minimum Gasteiger partial charge on any atom is -0.481 e. The van der Waals surface area contributed by atoms with Gasteiger partial charge in [0, 0.05) is 6.42 Å². The Kier molecular flexibility index (Phi) is 3.64. The van der Waals surface area contributed by atoms with Gasteiger partial charge in [-0.15, -0.1) is 5.10 Å². The van der Waals surface area contributed by atoms with E-state index in [9.17, 15) is 9.18 Å². The summed E-state index contributed by atoms with van der Waals surface area (Å²) in [6.45, 7) is 0. The normalized spacial score (nSPS) is 15.9. The van der Waals surface area contributed by atoms with Gasteiger partial charge in [-0.1, -0.05) is 18.2 Å². The van der Waals surface area contributed by atoms with Crippen LogP contribution in [0.2, 0.25) is 0 Å². The number of halogens is 1. The Labute approximate surface area is 120 Å². The summed E-state index contributed by atoms with van der Waals surface area (Å²) < 4.78 is 15.3. The van der Waals surface area contributed by atoms with Crippen molar-refractivity contribution in [2.24, 2.45) is 5.92 Å². The molecule has 1 unspecified atom stereocenters. The molecule has 1 aromatic carbocycles. The van der Waals surface area contributed by atoms with Crippen LogP contribution in [0, 0.1) is 11.7 Å². The Hall–Kier alpha value is -2.31. The third-order valence-corrected chi connectivity index (χ3v) is 3.73. The summed E-state index contributed by atoms with van der Waals surface area (Å²) in [5.41, 5.74) is 0.499. The van der Waals surface area contributed by atoms with E-state index in [2.05, 4.69) is 15.5 Å². The smallest absolute Gasteiger partial charge is 0.305 e. The summed E-state index contributed by atoms with van der Waals surface area (Å²) in [5, 5.41) is 20.5. The number of tetrazole rings is 1. The molecule has 6 nitrogen and oxygen atoms in total. The number of hydrogen-bond donors (Lipinski definition) is 1. The molecule has 1 heterocycles. The van der Waals surface area contributed by atoms with Crippen LogP contribution in [-0.2, 0) is 11.2 Å². The fourth-order valence-electron chi connectivity index (χ4n) is 2.51. The second kappa shape index (κ2) is 5.59. The third-order valence-electron chi connectivity index (χ3n) is 3.73. The SMILES string of the molecule is O=C(O)CC(C1CC1)n1nnnc1Cc1ccccc1F. The zero-order chi connectivity index (χ0) is 14.8. The number of rotatable bonds is 6. The number of benzene rings is 1. The van der Waals surface area contributed by atoms with E-state index >= 15 is 0 Å². The average Bonchev–Trinajstić information content (AvgIpc) is 3.19. The highest BCUT2D eigenvalue weighted by molar-refractivity contribution is 5.67. The summed E-state index contributed by atoms with van der Waals surface area (Å²) in [5.74, 6) is -0.394. The zero-order valence-corrected chi connectivity index (χ0v) is 11.3. The van der Waals surface area contributed by atoms with Crippen molar-refractivity contribution in [2.75, 3.05) is 0 Å². The Balaban J connectivity index is 1.86. The minimum atomic E-state index is -0.876. The van der Waals surface area contributed by atoms with E-state index in [0.717, 1.165) is 12.8 Å². The van der Waals surface area contributed by atoms with E-state index in [4.69, 9.17) is 5.11 Å². The van der Waals surface area contributed by atoms with E-state index in [1.54, 1.807) is 22.9 Å². The lowest BCUT2D eigenvalue weighted by atomic mass is 10.1. The number of carboxylic acid groups (broad SMARTS) is 1. The summed E-state index contributed by atoms with van der Waals surface area (Å²) in [7, 11) is 0. The highest BCUT2D eigenvalue weighted by Crippen LogP contribution is 2.41. The van der Waals surface area contributed by atoms with Crippen LogP contribution in [-0.4, -0.2) is 31.3 Å². The molecule has 0 spiro atoms. The Morgan fingerprint density at radius 1 is 1.43 bits per heavy atom. The molecule has 1 aliphatic rings. The van der Waals surface area contributed by atoms with Crippen LogP contribution in [0.25, 0.3) is 0 Å². The van der Waals surface area contributed by atoms with Crippen molar-refractivity contribution >= 4 is 5.97 Å². The molecule has 7 heteroatoms. The standard InChI is InChI=1S/C14H15FN4O2/c15-11-4-2-1-3-10(11)7-13-16-17-18-19(13)12(8-14(20)21)9-5-6-9/h1-4,9,12H,5-8H2,(H,20,21). The van der Waals surface area contributed by atoms with E-state index in [-0.39, 0.29) is 24.7 Å². The molecule has 1 fully saturated rings. The average molecular weight is 290 g/mol. The van der Waals surface area contributed by atoms with Gasteiger partial charge in [-0.3, -0.25) is 4.79 Å². The second-order valence-electron chi connectivity index (χ2n) is 5.31.